The summed E-state index contributed by atoms with van der Waals surface area (Å²) in [6, 6.07) is 3.02. The molecule has 20 heavy (non-hydrogen) atoms. The molecule has 8 heteroatoms. The van der Waals surface area contributed by atoms with Crippen molar-refractivity contribution in [3.05, 3.63) is 40.1 Å². The number of pyridine rings is 1. The SMILES string of the molecule is CC(Nc1ccnc(C(N)=O)c1)c1nc(C(=O)O)cs1. The van der Waals surface area contributed by atoms with Crippen LogP contribution < -0.4 is 11.1 Å². The summed E-state index contributed by atoms with van der Waals surface area (Å²) in [7, 11) is 0. The van der Waals surface area contributed by atoms with Gasteiger partial charge in [-0.2, -0.15) is 0 Å². The van der Waals surface area contributed by atoms with Crippen molar-refractivity contribution in [2.75, 3.05) is 5.32 Å². The number of nitrogens with zero attached hydrogens (tertiary/aromatic N) is 2. The molecule has 2 aromatic rings. The molecule has 7 nitrogen and oxygen atoms in total. The number of thiazole rings is 1. The lowest BCUT2D eigenvalue weighted by Crippen LogP contribution is -2.14. The maximum Gasteiger partial charge on any atom is 0.355 e. The van der Waals surface area contributed by atoms with Gasteiger partial charge in [0.2, 0.25) is 0 Å². The maximum atomic E-state index is 11.0. The molecule has 4 N–H and O–H groups in total. The average Bonchev–Trinajstić information content (AvgIpc) is 2.88. The molecule has 0 aliphatic heterocycles. The lowest BCUT2D eigenvalue weighted by atomic mass is 10.2. The highest BCUT2D eigenvalue weighted by molar-refractivity contribution is 7.09. The Morgan fingerprint density at radius 2 is 2.20 bits per heavy atom. The summed E-state index contributed by atoms with van der Waals surface area (Å²) >= 11 is 1.25. The number of aromatic nitrogens is 2. The van der Waals surface area contributed by atoms with Gasteiger partial charge in [0.15, 0.2) is 5.69 Å². The predicted octanol–water partition coefficient (Wildman–Crippen LogP) is 1.51. The Hall–Kier alpha value is -2.48. The molecule has 2 aromatic heterocycles. The molecular weight excluding hydrogens is 280 g/mol. The zero-order valence-electron chi connectivity index (χ0n) is 10.5. The number of hydrogen-bond donors (Lipinski definition) is 3. The summed E-state index contributed by atoms with van der Waals surface area (Å²) in [6.07, 6.45) is 1.47. The van der Waals surface area contributed by atoms with Crippen molar-refractivity contribution in [3.63, 3.8) is 0 Å². The summed E-state index contributed by atoms with van der Waals surface area (Å²) in [6.45, 7) is 1.84. The topological polar surface area (TPSA) is 118 Å². The number of hydrogen-bond acceptors (Lipinski definition) is 6. The molecule has 0 aliphatic carbocycles. The Balaban J connectivity index is 2.14. The van der Waals surface area contributed by atoms with Gasteiger partial charge in [-0.05, 0) is 19.1 Å². The Morgan fingerprint density at radius 3 is 2.80 bits per heavy atom. The summed E-state index contributed by atoms with van der Waals surface area (Å²) < 4.78 is 0. The summed E-state index contributed by atoms with van der Waals surface area (Å²) in [4.78, 5) is 29.7. The molecule has 1 amide bonds. The molecule has 0 aromatic carbocycles. The van der Waals surface area contributed by atoms with Gasteiger partial charge in [0.25, 0.3) is 5.91 Å². The summed E-state index contributed by atoms with van der Waals surface area (Å²) in [5.74, 6) is -1.66. The van der Waals surface area contributed by atoms with Crippen LogP contribution in [0.25, 0.3) is 0 Å². The molecule has 1 unspecified atom stereocenters. The quantitative estimate of drug-likeness (QED) is 0.768. The highest BCUT2D eigenvalue weighted by Gasteiger charge is 2.14. The molecule has 2 rings (SSSR count). The molecule has 2 heterocycles. The van der Waals surface area contributed by atoms with Gasteiger partial charge in [-0.15, -0.1) is 11.3 Å². The fraction of sp³-hybridized carbons (Fsp3) is 0.167. The van der Waals surface area contributed by atoms with E-state index in [4.69, 9.17) is 10.8 Å². The van der Waals surface area contributed by atoms with E-state index < -0.39 is 11.9 Å². The van der Waals surface area contributed by atoms with Crippen LogP contribution in [0.1, 0.15) is 39.0 Å². The van der Waals surface area contributed by atoms with Crippen LogP contribution in [-0.2, 0) is 0 Å². The fourth-order valence-corrected chi connectivity index (χ4v) is 2.35. The molecule has 0 saturated heterocycles. The maximum absolute atomic E-state index is 11.0. The van der Waals surface area contributed by atoms with Crippen LogP contribution in [0, 0.1) is 0 Å². The lowest BCUT2D eigenvalue weighted by Gasteiger charge is -2.12. The van der Waals surface area contributed by atoms with Gasteiger partial charge in [0.05, 0.1) is 6.04 Å². The van der Waals surface area contributed by atoms with Crippen LogP contribution in [0.4, 0.5) is 5.69 Å². The van der Waals surface area contributed by atoms with E-state index in [0.717, 1.165) is 0 Å². The largest absolute Gasteiger partial charge is 0.476 e. The molecule has 0 fully saturated rings. The first-order valence-corrected chi connectivity index (χ1v) is 6.56. The second-order valence-corrected chi connectivity index (χ2v) is 4.93. The number of nitrogens with two attached hydrogens (primary N) is 1. The van der Waals surface area contributed by atoms with Gasteiger partial charge in [-0.1, -0.05) is 0 Å². The van der Waals surface area contributed by atoms with Crippen molar-refractivity contribution in [1.29, 1.82) is 0 Å². The van der Waals surface area contributed by atoms with Gasteiger partial charge in [-0.3, -0.25) is 9.78 Å². The number of aromatic carboxylic acids is 1. The first kappa shape index (κ1) is 13.9. The number of carbonyl (C=O) groups is 2. The smallest absolute Gasteiger partial charge is 0.355 e. The van der Waals surface area contributed by atoms with Crippen molar-refractivity contribution in [1.82, 2.24) is 9.97 Å². The van der Waals surface area contributed by atoms with Crippen LogP contribution in [0.3, 0.4) is 0 Å². The molecule has 0 aliphatic rings. The van der Waals surface area contributed by atoms with Gasteiger partial charge in [0, 0.05) is 17.3 Å². The molecule has 0 radical (unpaired) electrons. The third-order valence-corrected chi connectivity index (χ3v) is 3.53. The minimum Gasteiger partial charge on any atom is -0.476 e. The average molecular weight is 292 g/mol. The second-order valence-electron chi connectivity index (χ2n) is 4.04. The van der Waals surface area contributed by atoms with E-state index in [9.17, 15) is 9.59 Å². The van der Waals surface area contributed by atoms with Crippen molar-refractivity contribution >= 4 is 28.9 Å². The molecule has 1 atom stereocenters. The number of nitrogens with one attached hydrogen (secondary N) is 1. The lowest BCUT2D eigenvalue weighted by molar-refractivity contribution is 0.0691. The Kier molecular flexibility index (Phi) is 3.94. The number of carbonyl (C=O) groups excluding carboxylic acids is 1. The number of carboxylic acids is 1. The fourth-order valence-electron chi connectivity index (χ4n) is 1.55. The monoisotopic (exact) mass is 292 g/mol. The van der Waals surface area contributed by atoms with E-state index in [1.807, 2.05) is 6.92 Å². The number of carboxylic acid groups (broad SMARTS) is 1. The Labute approximate surface area is 118 Å². The minimum absolute atomic E-state index is 0.0196. The van der Waals surface area contributed by atoms with E-state index in [2.05, 4.69) is 15.3 Å². The van der Waals surface area contributed by atoms with Crippen LogP contribution in [-0.4, -0.2) is 27.0 Å². The summed E-state index contributed by atoms with van der Waals surface area (Å²) in [5, 5.41) is 14.1. The predicted molar refractivity (Wildman–Crippen MR) is 73.9 cm³/mol. The van der Waals surface area contributed by atoms with Crippen molar-refractivity contribution in [3.8, 4) is 0 Å². The molecule has 0 saturated carbocycles. The minimum atomic E-state index is -1.06. The van der Waals surface area contributed by atoms with Crippen molar-refractivity contribution < 1.29 is 14.7 Å². The van der Waals surface area contributed by atoms with Gasteiger partial charge in [-0.25, -0.2) is 9.78 Å². The van der Waals surface area contributed by atoms with E-state index in [1.165, 1.54) is 29.0 Å². The third kappa shape index (κ3) is 3.09. The number of primary amides is 1. The first-order chi connectivity index (χ1) is 9.47. The Bertz CT molecular complexity index is 656. The van der Waals surface area contributed by atoms with Crippen LogP contribution in [0.5, 0.6) is 0 Å². The van der Waals surface area contributed by atoms with Crippen LogP contribution in [0.2, 0.25) is 0 Å². The van der Waals surface area contributed by atoms with Crippen LogP contribution in [0.15, 0.2) is 23.7 Å². The third-order valence-electron chi connectivity index (χ3n) is 2.51. The number of rotatable bonds is 5. The number of anilines is 1. The highest BCUT2D eigenvalue weighted by atomic mass is 32.1. The van der Waals surface area contributed by atoms with Gasteiger partial charge < -0.3 is 16.2 Å². The molecular formula is C12H12N4O3S. The van der Waals surface area contributed by atoms with E-state index in [0.29, 0.717) is 10.7 Å². The Morgan fingerprint density at radius 1 is 1.45 bits per heavy atom. The standard InChI is InChI=1S/C12H12N4O3S/c1-6(11-16-9(5-20-11)12(18)19)15-7-2-3-14-8(4-7)10(13)17/h2-6H,1H3,(H2,13,17)(H,14,15)(H,18,19). The van der Waals surface area contributed by atoms with Crippen LogP contribution >= 0.6 is 11.3 Å². The first-order valence-electron chi connectivity index (χ1n) is 5.68. The van der Waals surface area contributed by atoms with Crippen molar-refractivity contribution in [2.24, 2.45) is 5.73 Å². The van der Waals surface area contributed by atoms with Gasteiger partial charge >= 0.3 is 5.97 Å². The highest BCUT2D eigenvalue weighted by Crippen LogP contribution is 2.22. The van der Waals surface area contributed by atoms with Gasteiger partial charge in [0.1, 0.15) is 10.7 Å². The molecule has 104 valence electrons. The zero-order valence-corrected chi connectivity index (χ0v) is 11.3. The number of amides is 1. The molecule has 0 bridgehead atoms. The summed E-state index contributed by atoms with van der Waals surface area (Å²) in [5.41, 5.74) is 6.00. The van der Waals surface area contributed by atoms with E-state index in [1.54, 1.807) is 6.07 Å². The normalized spacial score (nSPS) is 11.8. The van der Waals surface area contributed by atoms with E-state index >= 15 is 0 Å². The van der Waals surface area contributed by atoms with E-state index in [-0.39, 0.29) is 17.4 Å². The van der Waals surface area contributed by atoms with Crippen molar-refractivity contribution in [2.45, 2.75) is 13.0 Å². The second kappa shape index (κ2) is 5.66. The zero-order chi connectivity index (χ0) is 14.7. The molecule has 0 spiro atoms.